The molecule has 3 rings (SSSR count). The molecule has 0 saturated heterocycles. The van der Waals surface area contributed by atoms with E-state index in [1.165, 1.54) is 0 Å². The minimum absolute atomic E-state index is 0.214. The second kappa shape index (κ2) is 8.65. The van der Waals surface area contributed by atoms with Crippen molar-refractivity contribution in [2.45, 2.75) is 11.8 Å². The number of anilines is 2. The first kappa shape index (κ1) is 20.2. The molecule has 28 heavy (non-hydrogen) atoms. The minimum Gasteiger partial charge on any atom is -0.280 e. The second-order valence-corrected chi connectivity index (χ2v) is 8.54. The molecule has 3 aromatic carbocycles. The van der Waals surface area contributed by atoms with E-state index in [0.29, 0.717) is 21.4 Å². The van der Waals surface area contributed by atoms with Crippen molar-refractivity contribution in [2.75, 3.05) is 10.1 Å². The van der Waals surface area contributed by atoms with E-state index in [9.17, 15) is 8.42 Å². The van der Waals surface area contributed by atoms with Crippen LogP contribution >= 0.6 is 23.2 Å². The number of nitrogens with zero attached hydrogens (tertiary/aromatic N) is 1. The number of sulfonamides is 1. The van der Waals surface area contributed by atoms with Gasteiger partial charge in [-0.1, -0.05) is 47.0 Å². The summed E-state index contributed by atoms with van der Waals surface area (Å²) in [6, 6.07) is 18.6. The first-order valence-corrected chi connectivity index (χ1v) is 10.5. The molecule has 8 heteroatoms. The Morgan fingerprint density at radius 3 is 2.14 bits per heavy atom. The van der Waals surface area contributed by atoms with E-state index in [1.807, 2.05) is 6.92 Å². The summed E-state index contributed by atoms with van der Waals surface area (Å²) in [5.74, 6) is 0. The molecule has 3 aromatic rings. The molecule has 2 N–H and O–H groups in total. The summed E-state index contributed by atoms with van der Waals surface area (Å²) in [7, 11) is -3.63. The van der Waals surface area contributed by atoms with Gasteiger partial charge in [-0.3, -0.25) is 10.1 Å². The van der Waals surface area contributed by atoms with Crippen molar-refractivity contribution in [1.29, 1.82) is 0 Å². The molecule has 0 spiro atoms. The predicted molar refractivity (Wildman–Crippen MR) is 116 cm³/mol. The molecule has 0 heterocycles. The van der Waals surface area contributed by atoms with Crippen LogP contribution in [-0.4, -0.2) is 14.6 Å². The Balaban J connectivity index is 1.63. The fraction of sp³-hybridized carbons (Fsp3) is 0.0500. The molecule has 144 valence electrons. The van der Waals surface area contributed by atoms with Crippen LogP contribution in [0.1, 0.15) is 11.1 Å². The summed E-state index contributed by atoms with van der Waals surface area (Å²) >= 11 is 11.8. The quantitative estimate of drug-likeness (QED) is 0.395. The van der Waals surface area contributed by atoms with Crippen LogP contribution in [0.3, 0.4) is 0 Å². The van der Waals surface area contributed by atoms with Gasteiger partial charge in [0, 0.05) is 5.69 Å². The van der Waals surface area contributed by atoms with Crippen molar-refractivity contribution < 1.29 is 8.42 Å². The van der Waals surface area contributed by atoms with Crippen molar-refractivity contribution in [3.63, 3.8) is 0 Å². The maximum atomic E-state index is 12.4. The van der Waals surface area contributed by atoms with E-state index in [2.05, 4.69) is 15.2 Å². The average molecular weight is 434 g/mol. The van der Waals surface area contributed by atoms with Gasteiger partial charge in [-0.25, -0.2) is 8.42 Å². The highest BCUT2D eigenvalue weighted by molar-refractivity contribution is 7.92. The Hall–Kier alpha value is -2.54. The van der Waals surface area contributed by atoms with Crippen molar-refractivity contribution in [3.8, 4) is 0 Å². The zero-order valence-corrected chi connectivity index (χ0v) is 17.2. The summed E-state index contributed by atoms with van der Waals surface area (Å²) in [5.41, 5.74) is 5.82. The molecule has 0 aliphatic heterocycles. The van der Waals surface area contributed by atoms with Gasteiger partial charge >= 0.3 is 0 Å². The molecule has 0 unspecified atom stereocenters. The van der Waals surface area contributed by atoms with Crippen LogP contribution in [0.15, 0.2) is 76.7 Å². The summed E-state index contributed by atoms with van der Waals surface area (Å²) in [5, 5.41) is 5.06. The lowest BCUT2D eigenvalue weighted by Crippen LogP contribution is -2.12. The number of benzene rings is 3. The van der Waals surface area contributed by atoms with Crippen molar-refractivity contribution in [3.05, 3.63) is 87.9 Å². The van der Waals surface area contributed by atoms with E-state index < -0.39 is 10.0 Å². The fourth-order valence-electron chi connectivity index (χ4n) is 2.32. The lowest BCUT2D eigenvalue weighted by molar-refractivity contribution is 0.601. The Bertz CT molecular complexity index is 1100. The number of hydrogen-bond acceptors (Lipinski definition) is 4. The Morgan fingerprint density at radius 1 is 0.857 bits per heavy atom. The molecule has 0 atom stereocenters. The van der Waals surface area contributed by atoms with E-state index in [-0.39, 0.29) is 4.90 Å². The van der Waals surface area contributed by atoms with Gasteiger partial charge in [0.15, 0.2) is 0 Å². The highest BCUT2D eigenvalue weighted by Gasteiger charge is 2.13. The number of aryl methyl sites for hydroxylation is 1. The smallest absolute Gasteiger partial charge is 0.261 e. The van der Waals surface area contributed by atoms with E-state index in [0.717, 1.165) is 11.1 Å². The van der Waals surface area contributed by atoms with Crippen LogP contribution < -0.4 is 10.1 Å². The van der Waals surface area contributed by atoms with Crippen LogP contribution in [0, 0.1) is 6.92 Å². The van der Waals surface area contributed by atoms with Crippen LogP contribution in [0.4, 0.5) is 11.4 Å². The number of nitrogens with one attached hydrogen (secondary N) is 2. The number of rotatable bonds is 6. The van der Waals surface area contributed by atoms with Gasteiger partial charge in [0.1, 0.15) is 0 Å². The molecule has 0 radical (unpaired) electrons. The average Bonchev–Trinajstić information content (AvgIpc) is 2.66. The first-order valence-electron chi connectivity index (χ1n) is 8.27. The fourth-order valence-corrected chi connectivity index (χ4v) is 3.68. The molecule has 0 amide bonds. The number of halogens is 2. The highest BCUT2D eigenvalue weighted by atomic mass is 35.5. The topological polar surface area (TPSA) is 70.6 Å². The maximum absolute atomic E-state index is 12.4. The van der Waals surface area contributed by atoms with E-state index in [4.69, 9.17) is 23.2 Å². The van der Waals surface area contributed by atoms with Gasteiger partial charge in [-0.2, -0.15) is 5.10 Å². The lowest BCUT2D eigenvalue weighted by Gasteiger charge is -2.09. The maximum Gasteiger partial charge on any atom is 0.261 e. The van der Waals surface area contributed by atoms with Crippen molar-refractivity contribution >= 4 is 50.8 Å². The standard InChI is InChI=1S/C20H17Cl2N3O2S/c1-14-2-9-18(10-3-14)28(26,27)25-17-7-5-16(6-8-17)24-23-13-15-4-11-19(21)20(22)12-15/h2-13,24-25H,1H3/b23-13+. The van der Waals surface area contributed by atoms with Gasteiger partial charge in [-0.15, -0.1) is 0 Å². The molecule has 0 saturated carbocycles. The largest absolute Gasteiger partial charge is 0.280 e. The van der Waals surface area contributed by atoms with E-state index >= 15 is 0 Å². The van der Waals surface area contributed by atoms with Gasteiger partial charge in [0.2, 0.25) is 0 Å². The minimum atomic E-state index is -3.63. The summed E-state index contributed by atoms with van der Waals surface area (Å²) < 4.78 is 27.4. The van der Waals surface area contributed by atoms with Crippen LogP contribution in [0.25, 0.3) is 0 Å². The third kappa shape index (κ3) is 5.25. The zero-order chi connectivity index (χ0) is 20.1. The monoisotopic (exact) mass is 433 g/mol. The van der Waals surface area contributed by atoms with Gasteiger partial charge in [-0.05, 0) is 61.0 Å². The SMILES string of the molecule is Cc1ccc(S(=O)(=O)Nc2ccc(N/N=C/c3ccc(Cl)c(Cl)c3)cc2)cc1. The molecule has 0 aliphatic carbocycles. The number of hydrazone groups is 1. The Morgan fingerprint density at radius 2 is 1.50 bits per heavy atom. The van der Waals surface area contributed by atoms with Crippen LogP contribution in [0.5, 0.6) is 0 Å². The highest BCUT2D eigenvalue weighted by Crippen LogP contribution is 2.22. The Kier molecular flexibility index (Phi) is 6.24. The predicted octanol–water partition coefficient (Wildman–Crippen LogP) is 5.55. The molecule has 5 nitrogen and oxygen atoms in total. The summed E-state index contributed by atoms with van der Waals surface area (Å²) in [6.07, 6.45) is 1.61. The second-order valence-electron chi connectivity index (χ2n) is 6.04. The lowest BCUT2D eigenvalue weighted by atomic mass is 10.2. The Labute approximate surface area is 174 Å². The summed E-state index contributed by atoms with van der Waals surface area (Å²) in [4.78, 5) is 0.214. The van der Waals surface area contributed by atoms with Crippen LogP contribution in [-0.2, 0) is 10.0 Å². The van der Waals surface area contributed by atoms with Crippen molar-refractivity contribution in [1.82, 2.24) is 0 Å². The van der Waals surface area contributed by atoms with Crippen LogP contribution in [0.2, 0.25) is 10.0 Å². The van der Waals surface area contributed by atoms with Gasteiger partial charge in [0.05, 0.1) is 26.8 Å². The third-order valence-electron chi connectivity index (χ3n) is 3.82. The molecule has 0 bridgehead atoms. The molecular formula is C20H17Cl2N3O2S. The number of hydrogen-bond donors (Lipinski definition) is 2. The third-order valence-corrected chi connectivity index (χ3v) is 5.96. The molecule has 0 fully saturated rings. The molecule has 0 aliphatic rings. The first-order chi connectivity index (χ1) is 13.3. The normalized spacial score (nSPS) is 11.5. The molecular weight excluding hydrogens is 417 g/mol. The van der Waals surface area contributed by atoms with Crippen molar-refractivity contribution in [2.24, 2.45) is 5.10 Å². The zero-order valence-electron chi connectivity index (χ0n) is 14.9. The summed E-state index contributed by atoms with van der Waals surface area (Å²) in [6.45, 7) is 1.90. The van der Waals surface area contributed by atoms with Gasteiger partial charge < -0.3 is 0 Å². The van der Waals surface area contributed by atoms with Gasteiger partial charge in [0.25, 0.3) is 10.0 Å². The van der Waals surface area contributed by atoms with E-state index in [1.54, 1.807) is 72.9 Å². The molecule has 0 aromatic heterocycles.